The van der Waals surface area contributed by atoms with Crippen molar-refractivity contribution in [3.8, 4) is 5.75 Å². The molecule has 50 heavy (non-hydrogen) atoms. The number of hydrazine groups is 1. The first kappa shape index (κ1) is 32.7. The number of hydrogen-bond acceptors (Lipinski definition) is 6. The molecule has 3 fully saturated rings. The predicted molar refractivity (Wildman–Crippen MR) is 189 cm³/mol. The van der Waals surface area contributed by atoms with Crippen LogP contribution in [0.5, 0.6) is 5.75 Å². The molecule has 0 bridgehead atoms. The maximum atomic E-state index is 15.2. The number of carbonyl (C=O) groups is 4. The third-order valence-corrected chi connectivity index (χ3v) is 11.7. The van der Waals surface area contributed by atoms with E-state index in [1.165, 1.54) is 41.3 Å². The Morgan fingerprint density at radius 2 is 1.54 bits per heavy atom. The van der Waals surface area contributed by atoms with Crippen LogP contribution in [0.3, 0.4) is 0 Å². The van der Waals surface area contributed by atoms with Crippen LogP contribution in [0.15, 0.2) is 107 Å². The third kappa shape index (κ3) is 4.83. The molecule has 2 aliphatic heterocycles. The zero-order chi connectivity index (χ0) is 35.1. The van der Waals surface area contributed by atoms with E-state index < -0.39 is 52.6 Å². The van der Waals surface area contributed by atoms with Crippen molar-refractivity contribution in [3.05, 3.63) is 134 Å². The van der Waals surface area contributed by atoms with E-state index in [0.29, 0.717) is 33.1 Å². The molecule has 4 aromatic rings. The summed E-state index contributed by atoms with van der Waals surface area (Å²) in [5, 5.41) is 11.9. The molecule has 0 radical (unpaired) electrons. The van der Waals surface area contributed by atoms with Gasteiger partial charge >= 0.3 is 0 Å². The first-order valence-electron chi connectivity index (χ1n) is 16.0. The normalized spacial score (nSPS) is 27.2. The van der Waals surface area contributed by atoms with Gasteiger partial charge in [0.05, 0.1) is 34.5 Å². The Bertz CT molecular complexity index is 2130. The Kier molecular flexibility index (Phi) is 7.89. The number of hydrogen-bond donors (Lipinski definition) is 2. The summed E-state index contributed by atoms with van der Waals surface area (Å²) in [7, 11) is 0. The van der Waals surface area contributed by atoms with Crippen molar-refractivity contribution in [2.45, 2.75) is 24.2 Å². The maximum Gasteiger partial charge on any atom is 0.260 e. The highest BCUT2D eigenvalue weighted by Gasteiger charge is 2.70. The molecule has 2 N–H and O–H groups in total. The molecular weight excluding hydrogens is 748 g/mol. The summed E-state index contributed by atoms with van der Waals surface area (Å²) in [5.41, 5.74) is 3.80. The van der Waals surface area contributed by atoms with Gasteiger partial charge in [-0.25, -0.2) is 4.39 Å². The number of allylic oxidation sites excluding steroid dienone is 2. The van der Waals surface area contributed by atoms with Crippen molar-refractivity contribution in [3.63, 3.8) is 0 Å². The fourth-order valence-corrected chi connectivity index (χ4v) is 9.27. The molecule has 8 rings (SSSR count). The molecule has 2 saturated heterocycles. The van der Waals surface area contributed by atoms with Crippen molar-refractivity contribution in [2.75, 3.05) is 10.3 Å². The van der Waals surface area contributed by atoms with Gasteiger partial charge in [0.15, 0.2) is 0 Å². The van der Waals surface area contributed by atoms with E-state index in [2.05, 4.69) is 21.4 Å². The lowest BCUT2D eigenvalue weighted by atomic mass is 9.49. The number of carbonyl (C=O) groups excluding carboxylic acids is 4. The molecule has 0 unspecified atom stereocenters. The van der Waals surface area contributed by atoms with Crippen molar-refractivity contribution in [1.82, 2.24) is 5.01 Å². The van der Waals surface area contributed by atoms with Crippen LogP contribution < -0.4 is 10.3 Å². The van der Waals surface area contributed by atoms with E-state index in [4.69, 9.17) is 23.2 Å². The first-order valence-corrected chi connectivity index (χ1v) is 17.5. The predicted octanol–water partition coefficient (Wildman–Crippen LogP) is 7.79. The Balaban J connectivity index is 1.33. The summed E-state index contributed by atoms with van der Waals surface area (Å²) >= 11 is 16.6. The molecule has 252 valence electrons. The SMILES string of the molecule is O=C1[C@@H]2C[C@@H]3C(=CC[C@@H]4C(=O)N(c5ccc(Br)cc5)C(=O)[C@@H]43)[C@H](c3ccc(O)cc3Cl)[C@]2(c2ccc(Cl)cc2)C(=O)N1Nc1ccc(F)cc1. The molecule has 6 atom stereocenters. The highest BCUT2D eigenvalue weighted by atomic mass is 79.9. The van der Waals surface area contributed by atoms with Crippen LogP contribution in [0.2, 0.25) is 10.0 Å². The highest BCUT2D eigenvalue weighted by molar-refractivity contribution is 9.10. The van der Waals surface area contributed by atoms with Gasteiger partial charge in [-0.2, -0.15) is 5.01 Å². The Morgan fingerprint density at radius 1 is 0.840 bits per heavy atom. The lowest BCUT2D eigenvalue weighted by molar-refractivity contribution is -0.138. The first-order chi connectivity index (χ1) is 24.0. The molecule has 0 aromatic heterocycles. The Morgan fingerprint density at radius 3 is 2.22 bits per heavy atom. The van der Waals surface area contributed by atoms with E-state index in [-0.39, 0.29) is 35.4 Å². The monoisotopic (exact) mass is 773 g/mol. The number of fused-ring (bicyclic) bond motifs is 4. The number of nitrogens with zero attached hydrogens (tertiary/aromatic N) is 2. The molecule has 4 aromatic carbocycles. The van der Waals surface area contributed by atoms with Gasteiger partial charge < -0.3 is 5.11 Å². The topological polar surface area (TPSA) is 107 Å². The van der Waals surface area contributed by atoms with Crippen LogP contribution in [0.25, 0.3) is 0 Å². The van der Waals surface area contributed by atoms with Gasteiger partial charge in [0.2, 0.25) is 11.8 Å². The van der Waals surface area contributed by atoms with Gasteiger partial charge in [-0.05, 0) is 103 Å². The van der Waals surface area contributed by atoms with Crippen LogP contribution in [0.4, 0.5) is 15.8 Å². The summed E-state index contributed by atoms with van der Waals surface area (Å²) in [6.45, 7) is 0. The lowest BCUT2D eigenvalue weighted by Crippen LogP contribution is -2.53. The number of phenols is 1. The summed E-state index contributed by atoms with van der Waals surface area (Å²) in [6, 6.07) is 23.4. The summed E-state index contributed by atoms with van der Waals surface area (Å²) in [5.74, 6) is -6.35. The highest BCUT2D eigenvalue weighted by Crippen LogP contribution is 2.65. The quantitative estimate of drug-likeness (QED) is 0.159. The number of phenolic OH excluding ortho intramolecular Hbond substituents is 1. The number of anilines is 2. The van der Waals surface area contributed by atoms with Crippen LogP contribution in [0.1, 0.15) is 29.9 Å². The number of nitrogens with one attached hydrogen (secondary N) is 1. The van der Waals surface area contributed by atoms with Gasteiger partial charge in [0.25, 0.3) is 11.8 Å². The smallest absolute Gasteiger partial charge is 0.260 e. The summed E-state index contributed by atoms with van der Waals surface area (Å²) < 4.78 is 14.6. The van der Waals surface area contributed by atoms with Gasteiger partial charge in [-0.1, -0.05) is 69.0 Å². The molecule has 8 nitrogen and oxygen atoms in total. The van der Waals surface area contributed by atoms with Gasteiger partial charge in [0.1, 0.15) is 11.6 Å². The van der Waals surface area contributed by atoms with Crippen molar-refractivity contribution in [2.24, 2.45) is 23.7 Å². The van der Waals surface area contributed by atoms with Crippen molar-refractivity contribution in [1.29, 1.82) is 0 Å². The number of halogens is 4. The zero-order valence-corrected chi connectivity index (χ0v) is 29.1. The second kappa shape index (κ2) is 12.1. The second-order valence-electron chi connectivity index (χ2n) is 13.1. The largest absolute Gasteiger partial charge is 0.508 e. The maximum absolute atomic E-state index is 15.2. The van der Waals surface area contributed by atoms with Gasteiger partial charge in [-0.3, -0.25) is 29.5 Å². The molecule has 1 saturated carbocycles. The number of benzene rings is 4. The molecule has 2 aliphatic carbocycles. The van der Waals surface area contributed by atoms with Crippen LogP contribution >= 0.6 is 39.1 Å². The Labute approximate surface area is 304 Å². The van der Waals surface area contributed by atoms with Gasteiger partial charge in [0, 0.05) is 20.4 Å². The Hall–Kier alpha value is -4.51. The van der Waals surface area contributed by atoms with Crippen LogP contribution in [-0.2, 0) is 24.6 Å². The fourth-order valence-electron chi connectivity index (χ4n) is 8.59. The molecule has 4 aliphatic rings. The van der Waals surface area contributed by atoms with E-state index >= 15 is 4.79 Å². The summed E-state index contributed by atoms with van der Waals surface area (Å²) in [6.07, 6.45) is 2.25. The van der Waals surface area contributed by atoms with E-state index in [1.54, 1.807) is 54.6 Å². The average molecular weight is 775 g/mol. The third-order valence-electron chi connectivity index (χ3n) is 10.6. The zero-order valence-electron chi connectivity index (χ0n) is 26.0. The number of aromatic hydroxyl groups is 1. The fraction of sp³-hybridized carbons (Fsp3) is 0.211. The molecule has 12 heteroatoms. The number of amides is 4. The minimum Gasteiger partial charge on any atom is -0.508 e. The molecule has 4 amide bonds. The lowest BCUT2D eigenvalue weighted by Gasteiger charge is -2.50. The standard InChI is InChI=1S/C38H27BrCl2FN3O5/c39-20-3-11-24(12-4-20)44-34(47)28-16-15-26-29(32(28)36(44)49)18-30-35(48)45(43-23-9-7-22(42)8-10-23)37(50)38(30,19-1-5-21(40)6-2-19)33(26)27-14-13-25(46)17-31(27)41/h1-15,17,28-30,32-33,43,46H,16,18H2/t28-,29+,30-,32-,33+,38+/m0/s1. The van der Waals surface area contributed by atoms with Crippen molar-refractivity contribution >= 4 is 74.1 Å². The van der Waals surface area contributed by atoms with Crippen molar-refractivity contribution < 1.29 is 28.7 Å². The van der Waals surface area contributed by atoms with E-state index in [1.807, 2.05) is 6.08 Å². The molecule has 0 spiro atoms. The average Bonchev–Trinajstić information content (AvgIpc) is 3.47. The van der Waals surface area contributed by atoms with Crippen LogP contribution in [0, 0.1) is 29.5 Å². The molecule has 2 heterocycles. The minimum absolute atomic E-state index is 0.0845. The van der Waals surface area contributed by atoms with E-state index in [0.717, 1.165) is 9.48 Å². The van der Waals surface area contributed by atoms with Crippen LogP contribution in [-0.4, -0.2) is 33.7 Å². The van der Waals surface area contributed by atoms with Gasteiger partial charge in [-0.15, -0.1) is 0 Å². The molecular formula is C38H27BrCl2FN3O5. The summed E-state index contributed by atoms with van der Waals surface area (Å²) in [4.78, 5) is 59.4. The van der Waals surface area contributed by atoms with E-state index in [9.17, 15) is 23.9 Å². The number of imide groups is 2. The second-order valence-corrected chi connectivity index (χ2v) is 14.8. The number of rotatable bonds is 5. The minimum atomic E-state index is -1.58.